The number of carbonyl (C=O) groups is 2. The van der Waals surface area contributed by atoms with Crippen molar-refractivity contribution in [2.24, 2.45) is 11.3 Å². The number of hydrogen-bond donors (Lipinski definition) is 2. The van der Waals surface area contributed by atoms with Gasteiger partial charge in [-0.05, 0) is 43.4 Å². The average molecular weight is 434 g/mol. The summed E-state index contributed by atoms with van der Waals surface area (Å²) in [5, 5.41) is 6.51. The predicted octanol–water partition coefficient (Wildman–Crippen LogP) is 3.84. The average Bonchev–Trinajstić information content (AvgIpc) is 3.14. The Kier molecular flexibility index (Phi) is 6.66. The van der Waals surface area contributed by atoms with Crippen molar-refractivity contribution in [1.82, 2.24) is 15.5 Å². The lowest BCUT2D eigenvalue weighted by atomic mass is 9.62. The molecule has 4 rings (SSSR count). The molecule has 1 fully saturated rings. The number of aryl methyl sites for hydroxylation is 1. The van der Waals surface area contributed by atoms with Crippen LogP contribution in [0.25, 0.3) is 0 Å². The summed E-state index contributed by atoms with van der Waals surface area (Å²) in [5.41, 5.74) is 3.37. The number of carbonyl (C=O) groups excluding carboxylic acids is 2. The maximum atomic E-state index is 13.5. The van der Waals surface area contributed by atoms with Gasteiger partial charge in [-0.15, -0.1) is 0 Å². The van der Waals surface area contributed by atoms with Gasteiger partial charge in [0.2, 0.25) is 11.8 Å². The molecule has 1 heterocycles. The van der Waals surface area contributed by atoms with Crippen LogP contribution in [-0.4, -0.2) is 35.8 Å². The van der Waals surface area contributed by atoms with Crippen molar-refractivity contribution < 1.29 is 9.59 Å². The van der Waals surface area contributed by atoms with Gasteiger partial charge >= 0.3 is 0 Å². The third kappa shape index (κ3) is 4.44. The molecule has 2 aromatic rings. The van der Waals surface area contributed by atoms with E-state index in [1.165, 1.54) is 16.7 Å². The van der Waals surface area contributed by atoms with Gasteiger partial charge < -0.3 is 10.6 Å². The molecule has 32 heavy (non-hydrogen) atoms. The molecule has 2 aliphatic rings. The first kappa shape index (κ1) is 22.5. The summed E-state index contributed by atoms with van der Waals surface area (Å²) >= 11 is 0. The molecular weight excluding hydrogens is 398 g/mol. The molecule has 1 aliphatic carbocycles. The molecule has 0 unspecified atom stereocenters. The van der Waals surface area contributed by atoms with E-state index < -0.39 is 0 Å². The summed E-state index contributed by atoms with van der Waals surface area (Å²) in [6, 6.07) is 18.8. The van der Waals surface area contributed by atoms with Gasteiger partial charge in [-0.25, -0.2) is 0 Å². The van der Waals surface area contributed by atoms with E-state index in [9.17, 15) is 9.59 Å². The molecule has 0 radical (unpaired) electrons. The number of rotatable bonds is 6. The quantitative estimate of drug-likeness (QED) is 0.728. The highest BCUT2D eigenvalue weighted by molar-refractivity contribution is 5.81. The first-order valence-corrected chi connectivity index (χ1v) is 11.9. The lowest BCUT2D eigenvalue weighted by Gasteiger charge is -2.46. The van der Waals surface area contributed by atoms with Gasteiger partial charge in [-0.1, -0.05) is 61.5 Å². The maximum absolute atomic E-state index is 13.5. The third-order valence-electron chi connectivity index (χ3n) is 7.08. The molecule has 0 aromatic heterocycles. The van der Waals surface area contributed by atoms with Crippen LogP contribution in [0.2, 0.25) is 0 Å². The van der Waals surface area contributed by atoms with Crippen LogP contribution in [0.1, 0.15) is 56.3 Å². The van der Waals surface area contributed by atoms with Crippen LogP contribution < -0.4 is 10.6 Å². The van der Waals surface area contributed by atoms with E-state index >= 15 is 0 Å². The Hall–Kier alpha value is -2.66. The zero-order valence-corrected chi connectivity index (χ0v) is 19.4. The molecule has 1 aliphatic heterocycles. The predicted molar refractivity (Wildman–Crippen MR) is 127 cm³/mol. The molecular formula is C27H35N3O2. The first-order chi connectivity index (χ1) is 15.4. The monoisotopic (exact) mass is 433 g/mol. The molecule has 1 spiro atoms. The van der Waals surface area contributed by atoms with Crippen LogP contribution in [0.4, 0.5) is 0 Å². The topological polar surface area (TPSA) is 61.4 Å². The van der Waals surface area contributed by atoms with Crippen LogP contribution >= 0.6 is 0 Å². The summed E-state index contributed by atoms with van der Waals surface area (Å²) in [5.74, 6) is -0.0366. The van der Waals surface area contributed by atoms with Gasteiger partial charge in [0.1, 0.15) is 0 Å². The zero-order chi connectivity index (χ0) is 22.7. The van der Waals surface area contributed by atoms with E-state index in [4.69, 9.17) is 0 Å². The van der Waals surface area contributed by atoms with Gasteiger partial charge in [0.25, 0.3) is 0 Å². The largest absolute Gasteiger partial charge is 0.354 e. The van der Waals surface area contributed by atoms with E-state index in [2.05, 4.69) is 58.0 Å². The van der Waals surface area contributed by atoms with Crippen molar-refractivity contribution >= 4 is 11.8 Å². The highest BCUT2D eigenvalue weighted by Gasteiger charge is 2.56. The number of nitrogens with one attached hydrogen (secondary N) is 2. The van der Waals surface area contributed by atoms with Gasteiger partial charge in [-0.3, -0.25) is 14.5 Å². The minimum Gasteiger partial charge on any atom is -0.354 e. The smallest absolute Gasteiger partial charge is 0.225 e. The fourth-order valence-electron chi connectivity index (χ4n) is 5.62. The van der Waals surface area contributed by atoms with Crippen molar-refractivity contribution in [3.63, 3.8) is 0 Å². The summed E-state index contributed by atoms with van der Waals surface area (Å²) in [6.07, 6.45) is 2.25. The van der Waals surface area contributed by atoms with E-state index in [0.29, 0.717) is 13.0 Å². The Morgan fingerprint density at radius 2 is 1.81 bits per heavy atom. The Labute approximate surface area is 191 Å². The maximum Gasteiger partial charge on any atom is 0.225 e. The summed E-state index contributed by atoms with van der Waals surface area (Å²) in [4.78, 5) is 28.5. The fourth-order valence-corrected chi connectivity index (χ4v) is 5.62. The van der Waals surface area contributed by atoms with Crippen molar-refractivity contribution in [1.29, 1.82) is 0 Å². The van der Waals surface area contributed by atoms with Crippen LogP contribution in [-0.2, 0) is 22.6 Å². The van der Waals surface area contributed by atoms with Crippen LogP contribution in [0.5, 0.6) is 0 Å². The minimum absolute atomic E-state index is 0.0376. The Morgan fingerprint density at radius 3 is 2.53 bits per heavy atom. The molecule has 2 aromatic carbocycles. The molecule has 0 saturated carbocycles. The normalized spacial score (nSPS) is 25.0. The van der Waals surface area contributed by atoms with Gasteiger partial charge in [0, 0.05) is 37.5 Å². The Morgan fingerprint density at radius 1 is 1.09 bits per heavy atom. The fraction of sp³-hybridized carbons (Fsp3) is 0.481. The lowest BCUT2D eigenvalue weighted by Crippen LogP contribution is -2.52. The van der Waals surface area contributed by atoms with Crippen LogP contribution in [0.15, 0.2) is 54.6 Å². The minimum atomic E-state index is -0.326. The molecule has 1 saturated heterocycles. The number of likely N-dealkylation sites (tertiary alicyclic amines) is 1. The van der Waals surface area contributed by atoms with E-state index in [1.54, 1.807) is 0 Å². The number of benzene rings is 2. The SMILES string of the molecule is CCC(=O)N[C@H]1c2ccccc2CC[C@@]12CN(Cc1ccccc1)C[C@@H]2C(=O)NC(C)C. The number of nitrogens with zero attached hydrogens (tertiary/aromatic N) is 1. The molecule has 2 amide bonds. The highest BCUT2D eigenvalue weighted by atomic mass is 16.2. The third-order valence-corrected chi connectivity index (χ3v) is 7.08. The highest BCUT2D eigenvalue weighted by Crippen LogP contribution is 2.53. The molecule has 5 heteroatoms. The Balaban J connectivity index is 1.73. The van der Waals surface area contributed by atoms with Crippen molar-refractivity contribution in [2.75, 3.05) is 13.1 Å². The zero-order valence-electron chi connectivity index (χ0n) is 19.4. The van der Waals surface area contributed by atoms with Crippen LogP contribution in [0, 0.1) is 11.3 Å². The lowest BCUT2D eigenvalue weighted by molar-refractivity contribution is -0.131. The second-order valence-corrected chi connectivity index (χ2v) is 9.66. The van der Waals surface area contributed by atoms with Crippen LogP contribution in [0.3, 0.4) is 0 Å². The van der Waals surface area contributed by atoms with E-state index in [1.807, 2.05) is 32.9 Å². The summed E-state index contributed by atoms with van der Waals surface area (Å²) < 4.78 is 0. The number of fused-ring (bicyclic) bond motifs is 1. The second kappa shape index (κ2) is 9.45. The Bertz CT molecular complexity index is 958. The number of amides is 2. The molecule has 2 N–H and O–H groups in total. The van der Waals surface area contributed by atoms with Gasteiger partial charge in [0.05, 0.1) is 12.0 Å². The standard InChI is InChI=1S/C27H35N3O2/c1-4-24(31)29-25-22-13-9-8-12-21(22)14-15-27(25)18-30(16-20-10-6-5-7-11-20)17-23(27)26(32)28-19(2)3/h5-13,19,23,25H,4,14-18H2,1-3H3,(H,28,32)(H,29,31)/t23-,25+,27+/m1/s1. The van der Waals surface area contributed by atoms with Crippen molar-refractivity contribution in [3.05, 3.63) is 71.3 Å². The van der Waals surface area contributed by atoms with E-state index in [-0.39, 0.29) is 35.2 Å². The number of hydrogen-bond acceptors (Lipinski definition) is 3. The molecule has 5 nitrogen and oxygen atoms in total. The van der Waals surface area contributed by atoms with Crippen molar-refractivity contribution in [3.8, 4) is 0 Å². The van der Waals surface area contributed by atoms with E-state index in [0.717, 1.165) is 25.9 Å². The summed E-state index contributed by atoms with van der Waals surface area (Å²) in [7, 11) is 0. The molecule has 3 atom stereocenters. The van der Waals surface area contributed by atoms with Gasteiger partial charge in [0.15, 0.2) is 0 Å². The summed E-state index contributed by atoms with van der Waals surface area (Å²) in [6.45, 7) is 8.21. The second-order valence-electron chi connectivity index (χ2n) is 9.66. The van der Waals surface area contributed by atoms with Gasteiger partial charge in [-0.2, -0.15) is 0 Å². The first-order valence-electron chi connectivity index (χ1n) is 11.9. The molecule has 0 bridgehead atoms. The molecule has 170 valence electrons. The van der Waals surface area contributed by atoms with Crippen molar-refractivity contribution in [2.45, 2.75) is 58.7 Å².